The third-order valence-electron chi connectivity index (χ3n) is 3.53. The zero-order chi connectivity index (χ0) is 11.1. The number of carbonyl (C=O) groups excluding carboxylic acids is 1. The summed E-state index contributed by atoms with van der Waals surface area (Å²) in [6.07, 6.45) is 7.00. The Balaban J connectivity index is 2.57. The Morgan fingerprint density at radius 2 is 1.87 bits per heavy atom. The molecule has 1 rings (SSSR count). The number of Topliss-reactive ketones (excluding diaryl/α,β-unsaturated/α-hetero) is 1. The molecule has 0 amide bonds. The summed E-state index contributed by atoms with van der Waals surface area (Å²) < 4.78 is 5.37. The van der Waals surface area contributed by atoms with Crippen LogP contribution in [0.5, 0.6) is 0 Å². The molecule has 0 radical (unpaired) electrons. The molecule has 0 unspecified atom stereocenters. The number of carbonyl (C=O) groups is 1. The van der Waals surface area contributed by atoms with Gasteiger partial charge in [-0.05, 0) is 25.7 Å². The van der Waals surface area contributed by atoms with Crippen molar-refractivity contribution in [3.05, 3.63) is 0 Å². The Bertz CT molecular complexity index is 187. The molecule has 2 heteroatoms. The Hall–Kier alpha value is -0.370. The van der Waals surface area contributed by atoms with Gasteiger partial charge in [0.2, 0.25) is 0 Å². The second kappa shape index (κ2) is 6.26. The lowest BCUT2D eigenvalue weighted by molar-refractivity contribution is -0.135. The maximum atomic E-state index is 12.2. The maximum Gasteiger partial charge on any atom is 0.139 e. The molecule has 1 aliphatic heterocycles. The fraction of sp³-hybridized carbons (Fsp3) is 0.923. The van der Waals surface area contributed by atoms with E-state index in [1.165, 1.54) is 0 Å². The first-order chi connectivity index (χ1) is 7.25. The fourth-order valence-corrected chi connectivity index (χ4v) is 2.51. The van der Waals surface area contributed by atoms with Crippen LogP contribution >= 0.6 is 0 Å². The second-order valence-electron chi connectivity index (χ2n) is 4.67. The second-order valence-corrected chi connectivity index (χ2v) is 4.67. The minimum absolute atomic E-state index is 0.0256. The van der Waals surface area contributed by atoms with E-state index in [1.807, 2.05) is 0 Å². The first-order valence-electron chi connectivity index (χ1n) is 6.36. The molecule has 15 heavy (non-hydrogen) atoms. The van der Waals surface area contributed by atoms with E-state index in [1.54, 1.807) is 0 Å². The van der Waals surface area contributed by atoms with Crippen molar-refractivity contribution in [3.63, 3.8) is 0 Å². The highest BCUT2D eigenvalue weighted by Gasteiger charge is 2.37. The summed E-state index contributed by atoms with van der Waals surface area (Å²) in [7, 11) is 0. The molecule has 2 nitrogen and oxygen atoms in total. The predicted molar refractivity (Wildman–Crippen MR) is 61.9 cm³/mol. The predicted octanol–water partition coefficient (Wildman–Crippen LogP) is 3.34. The zero-order valence-electron chi connectivity index (χ0n) is 10.2. The summed E-state index contributed by atoms with van der Waals surface area (Å²) in [6, 6.07) is 0. The molecule has 0 saturated carbocycles. The van der Waals surface area contributed by atoms with Crippen LogP contribution in [0.25, 0.3) is 0 Å². The number of ether oxygens (including phenoxy) is 1. The van der Waals surface area contributed by atoms with Gasteiger partial charge >= 0.3 is 0 Å². The molecule has 1 aliphatic rings. The molecular weight excluding hydrogens is 188 g/mol. The molecule has 0 N–H and O–H groups in total. The van der Waals surface area contributed by atoms with Gasteiger partial charge in [0.1, 0.15) is 5.78 Å². The summed E-state index contributed by atoms with van der Waals surface area (Å²) >= 11 is 0. The lowest BCUT2D eigenvalue weighted by Gasteiger charge is -2.35. The summed E-state index contributed by atoms with van der Waals surface area (Å²) in [5.41, 5.74) is -0.0256. The number of rotatable bonds is 6. The Morgan fingerprint density at radius 3 is 2.40 bits per heavy atom. The van der Waals surface area contributed by atoms with Crippen molar-refractivity contribution in [2.75, 3.05) is 13.2 Å². The molecule has 0 spiro atoms. The van der Waals surface area contributed by atoms with E-state index in [9.17, 15) is 4.79 Å². The van der Waals surface area contributed by atoms with Crippen LogP contribution in [0.3, 0.4) is 0 Å². The van der Waals surface area contributed by atoms with Crippen molar-refractivity contribution in [2.24, 2.45) is 5.41 Å². The molecule has 0 aromatic carbocycles. The molecule has 0 aliphatic carbocycles. The smallest absolute Gasteiger partial charge is 0.139 e. The van der Waals surface area contributed by atoms with Gasteiger partial charge in [0.25, 0.3) is 0 Å². The van der Waals surface area contributed by atoms with Gasteiger partial charge in [-0.2, -0.15) is 0 Å². The van der Waals surface area contributed by atoms with Crippen molar-refractivity contribution in [2.45, 2.75) is 58.8 Å². The van der Waals surface area contributed by atoms with Crippen LogP contribution in [0.1, 0.15) is 58.8 Å². The molecule has 1 heterocycles. The number of hydrogen-bond donors (Lipinski definition) is 0. The van der Waals surface area contributed by atoms with Crippen molar-refractivity contribution < 1.29 is 9.53 Å². The highest BCUT2D eigenvalue weighted by molar-refractivity contribution is 5.84. The largest absolute Gasteiger partial charge is 0.381 e. The third kappa shape index (κ3) is 3.30. The van der Waals surface area contributed by atoms with Gasteiger partial charge in [0, 0.05) is 25.0 Å². The minimum Gasteiger partial charge on any atom is -0.381 e. The Labute approximate surface area is 93.4 Å². The number of ketones is 1. The average Bonchev–Trinajstić information content (AvgIpc) is 2.27. The van der Waals surface area contributed by atoms with E-state index in [0.717, 1.165) is 58.2 Å². The standard InChI is InChI=1S/C13H24O2/c1-3-5-6-12(14)13(7-4-2)8-10-15-11-9-13/h3-11H2,1-2H3. The van der Waals surface area contributed by atoms with E-state index < -0.39 is 0 Å². The van der Waals surface area contributed by atoms with Gasteiger partial charge in [0.05, 0.1) is 0 Å². The zero-order valence-corrected chi connectivity index (χ0v) is 10.2. The van der Waals surface area contributed by atoms with Crippen LogP contribution < -0.4 is 0 Å². The van der Waals surface area contributed by atoms with E-state index in [4.69, 9.17) is 4.74 Å². The highest BCUT2D eigenvalue weighted by atomic mass is 16.5. The molecule has 0 aromatic rings. The van der Waals surface area contributed by atoms with Gasteiger partial charge in [0.15, 0.2) is 0 Å². The van der Waals surface area contributed by atoms with E-state index >= 15 is 0 Å². The van der Waals surface area contributed by atoms with Crippen LogP contribution in [-0.4, -0.2) is 19.0 Å². The fourth-order valence-electron chi connectivity index (χ4n) is 2.51. The molecule has 1 saturated heterocycles. The first kappa shape index (κ1) is 12.7. The summed E-state index contributed by atoms with van der Waals surface area (Å²) in [4.78, 5) is 12.2. The van der Waals surface area contributed by atoms with Crippen LogP contribution in [0, 0.1) is 5.41 Å². The maximum absolute atomic E-state index is 12.2. The summed E-state index contributed by atoms with van der Waals surface area (Å²) in [5, 5.41) is 0. The van der Waals surface area contributed by atoms with E-state index in [2.05, 4.69) is 13.8 Å². The third-order valence-corrected chi connectivity index (χ3v) is 3.53. The quantitative estimate of drug-likeness (QED) is 0.675. The first-order valence-corrected chi connectivity index (χ1v) is 6.36. The van der Waals surface area contributed by atoms with Crippen molar-refractivity contribution in [3.8, 4) is 0 Å². The Kier molecular flexibility index (Phi) is 5.30. The van der Waals surface area contributed by atoms with Crippen LogP contribution in [-0.2, 0) is 9.53 Å². The Morgan fingerprint density at radius 1 is 1.20 bits per heavy atom. The van der Waals surface area contributed by atoms with Gasteiger partial charge in [-0.15, -0.1) is 0 Å². The van der Waals surface area contributed by atoms with Crippen molar-refractivity contribution in [1.29, 1.82) is 0 Å². The van der Waals surface area contributed by atoms with Gasteiger partial charge in [-0.1, -0.05) is 26.7 Å². The molecule has 0 aromatic heterocycles. The minimum atomic E-state index is -0.0256. The lowest BCUT2D eigenvalue weighted by atomic mass is 9.72. The van der Waals surface area contributed by atoms with Crippen LogP contribution in [0.4, 0.5) is 0 Å². The normalized spacial score (nSPS) is 20.1. The van der Waals surface area contributed by atoms with Crippen LogP contribution in [0.2, 0.25) is 0 Å². The monoisotopic (exact) mass is 212 g/mol. The van der Waals surface area contributed by atoms with Crippen molar-refractivity contribution >= 4 is 5.78 Å². The topological polar surface area (TPSA) is 26.3 Å². The lowest BCUT2D eigenvalue weighted by Crippen LogP contribution is -2.37. The number of hydrogen-bond acceptors (Lipinski definition) is 2. The van der Waals surface area contributed by atoms with Gasteiger partial charge in [-0.3, -0.25) is 4.79 Å². The SMILES string of the molecule is CCCCC(=O)C1(CCC)CCOCC1. The van der Waals surface area contributed by atoms with Gasteiger partial charge in [-0.25, -0.2) is 0 Å². The molecular formula is C13H24O2. The summed E-state index contributed by atoms with van der Waals surface area (Å²) in [6.45, 7) is 5.86. The van der Waals surface area contributed by atoms with E-state index in [-0.39, 0.29) is 5.41 Å². The average molecular weight is 212 g/mol. The molecule has 0 bridgehead atoms. The number of unbranched alkanes of at least 4 members (excludes halogenated alkanes) is 1. The van der Waals surface area contributed by atoms with E-state index in [0.29, 0.717) is 5.78 Å². The van der Waals surface area contributed by atoms with Crippen molar-refractivity contribution in [1.82, 2.24) is 0 Å². The van der Waals surface area contributed by atoms with Gasteiger partial charge < -0.3 is 4.74 Å². The summed E-state index contributed by atoms with van der Waals surface area (Å²) in [5.74, 6) is 0.495. The molecule has 1 fully saturated rings. The molecule has 0 atom stereocenters. The van der Waals surface area contributed by atoms with Crippen LogP contribution in [0.15, 0.2) is 0 Å². The highest BCUT2D eigenvalue weighted by Crippen LogP contribution is 2.37. The molecule has 88 valence electrons.